The SMILES string of the molecule is CCOC(=O)C1CCCN(C(=O)C(=O)N2CCN(c3ccccc3)CC2)C1. The van der Waals surface area contributed by atoms with E-state index >= 15 is 0 Å². The van der Waals surface area contributed by atoms with Crippen molar-refractivity contribution in [3.63, 3.8) is 0 Å². The molecule has 2 fully saturated rings. The molecule has 3 rings (SSSR count). The van der Waals surface area contributed by atoms with E-state index in [1.165, 1.54) is 4.90 Å². The molecule has 2 amide bonds. The maximum absolute atomic E-state index is 12.6. The van der Waals surface area contributed by atoms with Crippen molar-refractivity contribution in [3.05, 3.63) is 30.3 Å². The summed E-state index contributed by atoms with van der Waals surface area (Å²) >= 11 is 0. The Morgan fingerprint density at radius 3 is 2.30 bits per heavy atom. The molecule has 2 aliphatic heterocycles. The molecule has 0 N–H and O–H groups in total. The minimum atomic E-state index is -0.503. The molecule has 7 nitrogen and oxygen atoms in total. The molecule has 2 heterocycles. The molecule has 1 atom stereocenters. The number of carbonyl (C=O) groups excluding carboxylic acids is 3. The van der Waals surface area contributed by atoms with Crippen LogP contribution in [0.25, 0.3) is 0 Å². The van der Waals surface area contributed by atoms with E-state index in [0.717, 1.165) is 5.69 Å². The van der Waals surface area contributed by atoms with Gasteiger partial charge in [-0.3, -0.25) is 14.4 Å². The van der Waals surface area contributed by atoms with Gasteiger partial charge in [-0.05, 0) is 31.9 Å². The number of amides is 2. The Kier molecular flexibility index (Phi) is 6.32. The van der Waals surface area contributed by atoms with E-state index in [9.17, 15) is 14.4 Å². The largest absolute Gasteiger partial charge is 0.466 e. The summed E-state index contributed by atoms with van der Waals surface area (Å²) in [6, 6.07) is 10.1. The van der Waals surface area contributed by atoms with Gasteiger partial charge in [-0.25, -0.2) is 0 Å². The lowest BCUT2D eigenvalue weighted by Gasteiger charge is -2.37. The molecular formula is C20H27N3O4. The number of esters is 1. The fourth-order valence-electron chi connectivity index (χ4n) is 3.69. The second-order valence-corrected chi connectivity index (χ2v) is 6.96. The molecule has 27 heavy (non-hydrogen) atoms. The van der Waals surface area contributed by atoms with E-state index in [1.54, 1.807) is 11.8 Å². The molecule has 0 bridgehead atoms. The quantitative estimate of drug-likeness (QED) is 0.587. The molecule has 1 aromatic rings. The third kappa shape index (κ3) is 4.59. The van der Waals surface area contributed by atoms with Crippen molar-refractivity contribution in [2.24, 2.45) is 5.92 Å². The van der Waals surface area contributed by atoms with Gasteiger partial charge in [0, 0.05) is 45.0 Å². The highest BCUT2D eigenvalue weighted by molar-refractivity contribution is 6.35. The standard InChI is InChI=1S/C20H27N3O4/c1-2-27-20(26)16-7-6-10-23(15-16)19(25)18(24)22-13-11-21(12-14-22)17-8-4-3-5-9-17/h3-5,8-9,16H,2,6-7,10-15H2,1H3. The fraction of sp³-hybridized carbons (Fsp3) is 0.550. The Morgan fingerprint density at radius 2 is 1.63 bits per heavy atom. The van der Waals surface area contributed by atoms with Crippen molar-refractivity contribution < 1.29 is 19.1 Å². The second-order valence-electron chi connectivity index (χ2n) is 6.96. The van der Waals surface area contributed by atoms with Gasteiger partial charge in [-0.1, -0.05) is 18.2 Å². The van der Waals surface area contributed by atoms with Crippen LogP contribution in [0, 0.1) is 5.92 Å². The van der Waals surface area contributed by atoms with Crippen LogP contribution >= 0.6 is 0 Å². The molecule has 7 heteroatoms. The van der Waals surface area contributed by atoms with Crippen LogP contribution in [-0.2, 0) is 19.1 Å². The van der Waals surface area contributed by atoms with E-state index in [-0.39, 0.29) is 18.4 Å². The predicted octanol–water partition coefficient (Wildman–Crippen LogP) is 1.14. The van der Waals surface area contributed by atoms with E-state index in [2.05, 4.69) is 4.90 Å². The number of rotatable bonds is 3. The van der Waals surface area contributed by atoms with Crippen LogP contribution < -0.4 is 4.90 Å². The number of hydrogen-bond acceptors (Lipinski definition) is 5. The second kappa shape index (κ2) is 8.88. The first-order chi connectivity index (χ1) is 13.1. The minimum Gasteiger partial charge on any atom is -0.466 e. The van der Waals surface area contributed by atoms with E-state index < -0.39 is 11.8 Å². The maximum Gasteiger partial charge on any atom is 0.312 e. The van der Waals surface area contributed by atoms with Crippen molar-refractivity contribution in [2.75, 3.05) is 50.8 Å². The number of benzene rings is 1. The summed E-state index contributed by atoms with van der Waals surface area (Å²) in [6.45, 7) is 5.33. The summed E-state index contributed by atoms with van der Waals surface area (Å²) in [7, 11) is 0. The Labute approximate surface area is 159 Å². The van der Waals surface area contributed by atoms with Gasteiger partial charge >= 0.3 is 17.8 Å². The number of carbonyl (C=O) groups is 3. The third-order valence-electron chi connectivity index (χ3n) is 5.20. The number of para-hydroxylation sites is 1. The first-order valence-corrected chi connectivity index (χ1v) is 9.65. The topological polar surface area (TPSA) is 70.2 Å². The smallest absolute Gasteiger partial charge is 0.312 e. The first kappa shape index (κ1) is 19.2. The number of nitrogens with zero attached hydrogens (tertiary/aromatic N) is 3. The zero-order valence-electron chi connectivity index (χ0n) is 15.8. The van der Waals surface area contributed by atoms with Gasteiger partial charge in [-0.2, -0.15) is 0 Å². The van der Waals surface area contributed by atoms with E-state index in [1.807, 2.05) is 30.3 Å². The summed E-state index contributed by atoms with van der Waals surface area (Å²) in [4.78, 5) is 42.6. The van der Waals surface area contributed by atoms with Crippen molar-refractivity contribution in [3.8, 4) is 0 Å². The van der Waals surface area contributed by atoms with Crippen LogP contribution in [0.15, 0.2) is 30.3 Å². The molecule has 0 aromatic heterocycles. The van der Waals surface area contributed by atoms with Crippen molar-refractivity contribution in [1.82, 2.24) is 9.80 Å². The van der Waals surface area contributed by atoms with Crippen molar-refractivity contribution >= 4 is 23.5 Å². The molecule has 0 spiro atoms. The van der Waals surface area contributed by atoms with E-state index in [0.29, 0.717) is 52.2 Å². The number of piperidine rings is 1. The number of ether oxygens (including phenoxy) is 1. The number of hydrogen-bond donors (Lipinski definition) is 0. The average molecular weight is 373 g/mol. The Balaban J connectivity index is 1.53. The van der Waals surface area contributed by atoms with Crippen LogP contribution in [-0.4, -0.2) is 73.5 Å². The zero-order chi connectivity index (χ0) is 19.2. The lowest BCUT2D eigenvalue weighted by atomic mass is 9.98. The van der Waals surface area contributed by atoms with Gasteiger partial charge in [0.15, 0.2) is 0 Å². The molecule has 1 unspecified atom stereocenters. The van der Waals surface area contributed by atoms with Crippen molar-refractivity contribution in [2.45, 2.75) is 19.8 Å². The van der Waals surface area contributed by atoms with Crippen LogP contribution in [0.1, 0.15) is 19.8 Å². The lowest BCUT2D eigenvalue weighted by Crippen LogP contribution is -2.55. The molecule has 2 saturated heterocycles. The zero-order valence-corrected chi connectivity index (χ0v) is 15.8. The van der Waals surface area contributed by atoms with Gasteiger partial charge in [0.05, 0.1) is 12.5 Å². The first-order valence-electron chi connectivity index (χ1n) is 9.65. The minimum absolute atomic E-state index is 0.271. The summed E-state index contributed by atoms with van der Waals surface area (Å²) in [5.41, 5.74) is 1.13. The highest BCUT2D eigenvalue weighted by Crippen LogP contribution is 2.19. The molecule has 0 aliphatic carbocycles. The molecule has 1 aromatic carbocycles. The molecular weight excluding hydrogens is 346 g/mol. The highest BCUT2D eigenvalue weighted by atomic mass is 16.5. The van der Waals surface area contributed by atoms with Gasteiger partial charge < -0.3 is 19.4 Å². The number of likely N-dealkylation sites (tertiary alicyclic amines) is 1. The Morgan fingerprint density at radius 1 is 0.963 bits per heavy atom. The van der Waals surface area contributed by atoms with Gasteiger partial charge in [0.25, 0.3) is 0 Å². The normalized spacial score (nSPS) is 20.3. The molecule has 146 valence electrons. The summed E-state index contributed by atoms with van der Waals surface area (Å²) in [6.07, 6.45) is 1.41. The van der Waals surface area contributed by atoms with Gasteiger partial charge in [0.2, 0.25) is 0 Å². The molecule has 0 radical (unpaired) electrons. The van der Waals surface area contributed by atoms with Crippen LogP contribution in [0.2, 0.25) is 0 Å². The number of anilines is 1. The van der Waals surface area contributed by atoms with Gasteiger partial charge in [-0.15, -0.1) is 0 Å². The summed E-state index contributed by atoms with van der Waals surface area (Å²) < 4.78 is 5.06. The van der Waals surface area contributed by atoms with Crippen LogP contribution in [0.4, 0.5) is 5.69 Å². The monoisotopic (exact) mass is 373 g/mol. The molecule has 0 saturated carbocycles. The number of piperazine rings is 1. The third-order valence-corrected chi connectivity index (χ3v) is 5.20. The van der Waals surface area contributed by atoms with Gasteiger partial charge in [0.1, 0.15) is 0 Å². The average Bonchev–Trinajstić information content (AvgIpc) is 2.73. The lowest BCUT2D eigenvalue weighted by molar-refractivity contribution is -0.156. The predicted molar refractivity (Wildman–Crippen MR) is 101 cm³/mol. The highest BCUT2D eigenvalue weighted by Gasteiger charge is 2.34. The van der Waals surface area contributed by atoms with Crippen LogP contribution in [0.5, 0.6) is 0 Å². The fourth-order valence-corrected chi connectivity index (χ4v) is 3.69. The van der Waals surface area contributed by atoms with Crippen molar-refractivity contribution in [1.29, 1.82) is 0 Å². The Bertz CT molecular complexity index is 671. The Hall–Kier alpha value is -2.57. The van der Waals surface area contributed by atoms with Crippen LogP contribution in [0.3, 0.4) is 0 Å². The summed E-state index contributed by atoms with van der Waals surface area (Å²) in [5, 5.41) is 0. The van der Waals surface area contributed by atoms with E-state index in [4.69, 9.17) is 4.74 Å². The summed E-state index contributed by atoms with van der Waals surface area (Å²) in [5.74, 6) is -1.58. The molecule has 2 aliphatic rings. The maximum atomic E-state index is 12.6.